The van der Waals surface area contributed by atoms with Crippen molar-refractivity contribution in [3.63, 3.8) is 0 Å². The molecule has 3 rings (SSSR count). The Morgan fingerprint density at radius 3 is 1.50 bits per heavy atom. The van der Waals surface area contributed by atoms with Gasteiger partial charge in [-0.05, 0) is 34.7 Å². The molecule has 0 bridgehead atoms. The summed E-state index contributed by atoms with van der Waals surface area (Å²) >= 11 is 2.28. The Kier molecular flexibility index (Phi) is 12.8. The molecule has 0 spiro atoms. The summed E-state index contributed by atoms with van der Waals surface area (Å²) in [6.07, 6.45) is 20.0. The average molecular weight is 382 g/mol. The van der Waals surface area contributed by atoms with Crippen LogP contribution in [0.25, 0.3) is 0 Å². The molecule has 1 aromatic carbocycles. The van der Waals surface area contributed by atoms with Gasteiger partial charge in [-0.3, -0.25) is 12.2 Å². The van der Waals surface area contributed by atoms with Gasteiger partial charge in [-0.1, -0.05) is 18.2 Å². The molecule has 2 aliphatic carbocycles. The fraction of sp³-hybridized carbons (Fsp3) is 0.125. The van der Waals surface area contributed by atoms with Gasteiger partial charge in [0.05, 0.1) is 0 Å². The molecule has 0 heterocycles. The van der Waals surface area contributed by atoms with E-state index in [4.69, 9.17) is 0 Å². The van der Waals surface area contributed by atoms with E-state index < -0.39 is 0 Å². The maximum absolute atomic E-state index is 2.99. The van der Waals surface area contributed by atoms with Crippen LogP contribution in [-0.2, 0) is 21.7 Å². The van der Waals surface area contributed by atoms with Crippen molar-refractivity contribution in [2.45, 2.75) is 12.8 Å². The monoisotopic (exact) mass is 382 g/mol. The summed E-state index contributed by atoms with van der Waals surface area (Å²) in [5, 5.41) is 0. The first-order chi connectivity index (χ1) is 8.39. The molecule has 2 aliphatic rings. The van der Waals surface area contributed by atoms with Gasteiger partial charge in [0.1, 0.15) is 0 Å². The number of benzene rings is 1. The maximum Gasteiger partial charge on any atom is 2.00 e. The Morgan fingerprint density at radius 2 is 1.33 bits per heavy atom. The third-order valence-electron chi connectivity index (χ3n) is 1.90. The zero-order chi connectivity index (χ0) is 12.2. The molecule has 0 fully saturated rings. The topological polar surface area (TPSA) is 0 Å². The van der Waals surface area contributed by atoms with E-state index in [-0.39, 0.29) is 21.7 Å². The van der Waals surface area contributed by atoms with Gasteiger partial charge in [-0.2, -0.15) is 12.2 Å². The molecular weight excluding hydrogens is 367 g/mol. The molecule has 0 atom stereocenters. The van der Waals surface area contributed by atoms with Crippen molar-refractivity contribution in [3.8, 4) is 0 Å². The first-order valence-electron chi connectivity index (χ1n) is 5.53. The number of hydrogen-bond acceptors (Lipinski definition) is 0. The summed E-state index contributed by atoms with van der Waals surface area (Å²) in [6.45, 7) is 0. The third-order valence-corrected chi connectivity index (χ3v) is 2.62. The van der Waals surface area contributed by atoms with Crippen LogP contribution in [0.3, 0.4) is 0 Å². The summed E-state index contributed by atoms with van der Waals surface area (Å²) in [4.78, 5) is 0. The van der Waals surface area contributed by atoms with Crippen molar-refractivity contribution in [1.82, 2.24) is 0 Å². The van der Waals surface area contributed by atoms with Crippen LogP contribution in [0.4, 0.5) is 0 Å². The Hall–Kier alpha value is -0.376. The molecule has 18 heavy (non-hydrogen) atoms. The average Bonchev–Trinajstić information content (AvgIpc) is 3.09. The summed E-state index contributed by atoms with van der Waals surface area (Å²) < 4.78 is 1.29. The first-order valence-corrected chi connectivity index (χ1v) is 6.61. The summed E-state index contributed by atoms with van der Waals surface area (Å²) in [5.41, 5.74) is 0. The van der Waals surface area contributed by atoms with Gasteiger partial charge in [0.25, 0.3) is 0 Å². The molecule has 0 unspecified atom stereocenters. The van der Waals surface area contributed by atoms with Gasteiger partial charge < -0.3 is 0 Å². The van der Waals surface area contributed by atoms with E-state index >= 15 is 0 Å². The zero-order valence-corrected chi connectivity index (χ0v) is 13.9. The van der Waals surface area contributed by atoms with Crippen molar-refractivity contribution in [1.29, 1.82) is 0 Å². The Bertz CT molecular complexity index is 360. The molecule has 2 heteroatoms. The summed E-state index contributed by atoms with van der Waals surface area (Å²) in [7, 11) is 0. The minimum Gasteiger partial charge on any atom is -0.273 e. The van der Waals surface area contributed by atoms with Crippen LogP contribution in [0.1, 0.15) is 12.8 Å². The van der Waals surface area contributed by atoms with Gasteiger partial charge in [-0.25, -0.2) is 24.3 Å². The molecule has 0 amide bonds. The molecule has 0 radical (unpaired) electrons. The minimum absolute atomic E-state index is 0. The number of allylic oxidation sites excluding steroid dienone is 8. The van der Waals surface area contributed by atoms with Crippen LogP contribution in [-0.4, -0.2) is 0 Å². The van der Waals surface area contributed by atoms with Crippen LogP contribution >= 0.6 is 22.6 Å². The van der Waals surface area contributed by atoms with Crippen molar-refractivity contribution >= 4 is 22.6 Å². The second kappa shape index (κ2) is 13.1. The van der Waals surface area contributed by atoms with Crippen molar-refractivity contribution in [2.24, 2.45) is 0 Å². The molecular formula is C16H15ITi. The normalized spacial score (nSPS) is 13.2. The van der Waals surface area contributed by atoms with Crippen LogP contribution in [0.2, 0.25) is 0 Å². The SMILES string of the molecule is Ic1ccccc1.[C-]1=CC=CC1.[C-]1=CC=CC1.[Ti+2]. The van der Waals surface area contributed by atoms with Crippen molar-refractivity contribution in [2.75, 3.05) is 0 Å². The number of hydrogen-bond donors (Lipinski definition) is 0. The molecule has 90 valence electrons. The molecule has 0 N–H and O–H groups in total. The van der Waals surface area contributed by atoms with Gasteiger partial charge >= 0.3 is 21.7 Å². The third kappa shape index (κ3) is 10.8. The largest absolute Gasteiger partial charge is 2.00 e. The maximum atomic E-state index is 2.99. The number of rotatable bonds is 0. The molecule has 0 aromatic heterocycles. The van der Waals surface area contributed by atoms with Gasteiger partial charge in [0.15, 0.2) is 0 Å². The number of halogens is 1. The van der Waals surface area contributed by atoms with Gasteiger partial charge in [-0.15, -0.1) is 12.8 Å². The van der Waals surface area contributed by atoms with Gasteiger partial charge in [0, 0.05) is 3.57 Å². The fourth-order valence-corrected chi connectivity index (χ4v) is 1.51. The minimum atomic E-state index is 0. The molecule has 0 nitrogen and oxygen atoms in total. The van der Waals surface area contributed by atoms with Crippen LogP contribution in [0.5, 0.6) is 0 Å². The van der Waals surface area contributed by atoms with Crippen LogP contribution in [0.15, 0.2) is 66.8 Å². The van der Waals surface area contributed by atoms with E-state index in [2.05, 4.69) is 59.0 Å². The predicted molar refractivity (Wildman–Crippen MR) is 82.3 cm³/mol. The standard InChI is InChI=1S/C6H5I.2C5H5.Ti/c7-6-4-2-1-3-5-6;2*1-2-4-5-3-1;/h1-5H;2*1-3H,4H2;/q;2*-1;+2. The van der Waals surface area contributed by atoms with E-state index in [9.17, 15) is 0 Å². The second-order valence-electron chi connectivity index (χ2n) is 3.30. The van der Waals surface area contributed by atoms with E-state index in [1.807, 2.05) is 42.5 Å². The zero-order valence-electron chi connectivity index (χ0n) is 10.1. The Balaban J connectivity index is 0.000000239. The van der Waals surface area contributed by atoms with E-state index in [1.165, 1.54) is 3.57 Å². The molecule has 0 aliphatic heterocycles. The molecule has 0 saturated carbocycles. The first kappa shape index (κ1) is 17.6. The van der Waals surface area contributed by atoms with Gasteiger partial charge in [0.2, 0.25) is 0 Å². The Labute approximate surface area is 139 Å². The summed E-state index contributed by atoms with van der Waals surface area (Å²) in [6, 6.07) is 10.2. The molecule has 0 saturated heterocycles. The van der Waals surface area contributed by atoms with Crippen molar-refractivity contribution in [3.05, 3.63) is 82.5 Å². The van der Waals surface area contributed by atoms with E-state index in [0.717, 1.165) is 12.8 Å². The van der Waals surface area contributed by atoms with Crippen LogP contribution in [0, 0.1) is 15.7 Å². The smallest absolute Gasteiger partial charge is 0.273 e. The summed E-state index contributed by atoms with van der Waals surface area (Å²) in [5.74, 6) is 0. The molecule has 1 aromatic rings. The van der Waals surface area contributed by atoms with E-state index in [1.54, 1.807) is 0 Å². The Morgan fingerprint density at radius 1 is 0.833 bits per heavy atom. The second-order valence-corrected chi connectivity index (χ2v) is 4.55. The van der Waals surface area contributed by atoms with Crippen LogP contribution < -0.4 is 0 Å². The fourth-order valence-electron chi connectivity index (χ4n) is 1.10. The van der Waals surface area contributed by atoms with Crippen molar-refractivity contribution < 1.29 is 21.7 Å². The van der Waals surface area contributed by atoms with E-state index in [0.29, 0.717) is 0 Å². The predicted octanol–water partition coefficient (Wildman–Crippen LogP) is 4.90. The quantitative estimate of drug-likeness (QED) is 0.340.